The molecule has 0 amide bonds. The Morgan fingerprint density at radius 3 is 2.25 bits per heavy atom. The molecule has 0 radical (unpaired) electrons. The second-order valence-electron chi connectivity index (χ2n) is 4.98. The summed E-state index contributed by atoms with van der Waals surface area (Å²) in [5.74, 6) is 0. The molecule has 0 aromatic heterocycles. The van der Waals surface area contributed by atoms with Crippen LogP contribution in [0.25, 0.3) is 0 Å². The molecule has 0 atom stereocenters. The first-order chi connectivity index (χ1) is 7.69. The van der Waals surface area contributed by atoms with Crippen LogP contribution in [0.2, 0.25) is 0 Å². The fourth-order valence-electron chi connectivity index (χ4n) is 2.72. The predicted molar refractivity (Wildman–Crippen MR) is 61.6 cm³/mol. The number of rotatable bonds is 2. The van der Waals surface area contributed by atoms with Crippen LogP contribution < -0.4 is 4.90 Å². The van der Waals surface area contributed by atoms with Gasteiger partial charge in [0, 0.05) is 36.3 Å². The van der Waals surface area contributed by atoms with Crippen LogP contribution in [-0.2, 0) is 0 Å². The molecule has 4 heteroatoms. The summed E-state index contributed by atoms with van der Waals surface area (Å²) in [5.41, 5.74) is 1.88. The molecule has 1 heterocycles. The van der Waals surface area contributed by atoms with Crippen molar-refractivity contribution < 1.29 is 4.92 Å². The second kappa shape index (κ2) is 3.20. The van der Waals surface area contributed by atoms with E-state index >= 15 is 0 Å². The van der Waals surface area contributed by atoms with E-state index in [-0.39, 0.29) is 10.6 Å². The van der Waals surface area contributed by atoms with E-state index in [1.807, 2.05) is 12.1 Å². The van der Waals surface area contributed by atoms with Gasteiger partial charge in [-0.2, -0.15) is 0 Å². The van der Waals surface area contributed by atoms with Crippen molar-refractivity contribution in [1.29, 1.82) is 0 Å². The van der Waals surface area contributed by atoms with E-state index in [0.29, 0.717) is 5.41 Å². The Bertz CT molecular complexity index is 415. The van der Waals surface area contributed by atoms with Crippen molar-refractivity contribution in [3.8, 4) is 0 Å². The van der Waals surface area contributed by atoms with Crippen molar-refractivity contribution >= 4 is 11.4 Å². The van der Waals surface area contributed by atoms with Crippen LogP contribution in [0.1, 0.15) is 19.3 Å². The summed E-state index contributed by atoms with van der Waals surface area (Å²) >= 11 is 0. The van der Waals surface area contributed by atoms with Crippen LogP contribution in [0.4, 0.5) is 11.4 Å². The summed E-state index contributed by atoms with van der Waals surface area (Å²) in [4.78, 5) is 12.5. The highest BCUT2D eigenvalue weighted by Crippen LogP contribution is 2.49. The maximum absolute atomic E-state index is 10.5. The summed E-state index contributed by atoms with van der Waals surface area (Å²) in [5, 5.41) is 10.5. The standard InChI is InChI=1S/C12H14N2O2/c15-14(16)11-4-2-10(3-5-11)13-8-12(9-13)6-1-7-12/h2-5H,1,6-9H2. The number of hydrogen-bond donors (Lipinski definition) is 0. The van der Waals surface area contributed by atoms with Gasteiger partial charge in [0.2, 0.25) is 0 Å². The number of nitro benzene ring substituents is 1. The molecule has 1 spiro atoms. The zero-order valence-corrected chi connectivity index (χ0v) is 9.06. The van der Waals surface area contributed by atoms with Gasteiger partial charge in [-0.25, -0.2) is 0 Å². The van der Waals surface area contributed by atoms with Crippen LogP contribution >= 0.6 is 0 Å². The third-order valence-electron chi connectivity index (χ3n) is 3.89. The van der Waals surface area contributed by atoms with Gasteiger partial charge < -0.3 is 4.90 Å². The average molecular weight is 218 g/mol. The van der Waals surface area contributed by atoms with Gasteiger partial charge in [0.25, 0.3) is 5.69 Å². The maximum Gasteiger partial charge on any atom is 0.269 e. The van der Waals surface area contributed by atoms with E-state index in [0.717, 1.165) is 18.8 Å². The Kier molecular flexibility index (Phi) is 1.93. The minimum absolute atomic E-state index is 0.169. The molecule has 16 heavy (non-hydrogen) atoms. The molecule has 4 nitrogen and oxygen atoms in total. The molecular weight excluding hydrogens is 204 g/mol. The molecule has 1 aliphatic carbocycles. The normalized spacial score (nSPS) is 21.4. The Hall–Kier alpha value is -1.58. The lowest BCUT2D eigenvalue weighted by Crippen LogP contribution is -2.59. The van der Waals surface area contributed by atoms with E-state index in [9.17, 15) is 10.1 Å². The highest BCUT2D eigenvalue weighted by atomic mass is 16.6. The number of hydrogen-bond acceptors (Lipinski definition) is 3. The van der Waals surface area contributed by atoms with Gasteiger partial charge in [-0.1, -0.05) is 6.42 Å². The molecule has 0 N–H and O–H groups in total. The van der Waals surface area contributed by atoms with Crippen LogP contribution in [0, 0.1) is 15.5 Å². The number of nitro groups is 1. The largest absolute Gasteiger partial charge is 0.370 e. The van der Waals surface area contributed by atoms with Crippen LogP contribution in [0.5, 0.6) is 0 Å². The summed E-state index contributed by atoms with van der Waals surface area (Å²) in [7, 11) is 0. The molecule has 84 valence electrons. The molecule has 3 rings (SSSR count). The molecule has 1 saturated heterocycles. The highest BCUT2D eigenvalue weighted by Gasteiger charge is 2.47. The minimum atomic E-state index is -0.354. The first-order valence-electron chi connectivity index (χ1n) is 5.68. The number of non-ortho nitro benzene ring substituents is 1. The lowest BCUT2D eigenvalue weighted by atomic mass is 9.63. The summed E-state index contributed by atoms with van der Waals surface area (Å²) in [6, 6.07) is 6.87. The highest BCUT2D eigenvalue weighted by molar-refractivity contribution is 5.53. The summed E-state index contributed by atoms with van der Waals surface area (Å²) < 4.78 is 0. The second-order valence-corrected chi connectivity index (χ2v) is 4.98. The van der Waals surface area contributed by atoms with Crippen molar-refractivity contribution in [3.63, 3.8) is 0 Å². The van der Waals surface area contributed by atoms with E-state index in [2.05, 4.69) is 4.90 Å². The molecule has 0 bridgehead atoms. The monoisotopic (exact) mass is 218 g/mol. The molecular formula is C12H14N2O2. The zero-order chi connectivity index (χ0) is 11.2. The van der Waals surface area contributed by atoms with Gasteiger partial charge in [0.05, 0.1) is 4.92 Å². The van der Waals surface area contributed by atoms with Crippen molar-refractivity contribution in [2.24, 2.45) is 5.41 Å². The van der Waals surface area contributed by atoms with Crippen LogP contribution in [-0.4, -0.2) is 18.0 Å². The first kappa shape index (κ1) is 9.63. The Morgan fingerprint density at radius 2 is 1.81 bits per heavy atom. The lowest BCUT2D eigenvalue weighted by molar-refractivity contribution is -0.384. The van der Waals surface area contributed by atoms with Gasteiger partial charge in [-0.05, 0) is 25.0 Å². The molecule has 0 unspecified atom stereocenters. The third-order valence-corrected chi connectivity index (χ3v) is 3.89. The molecule has 2 fully saturated rings. The fraction of sp³-hybridized carbons (Fsp3) is 0.500. The average Bonchev–Trinajstić information content (AvgIpc) is 2.14. The summed E-state index contributed by atoms with van der Waals surface area (Å²) in [6.07, 6.45) is 4.08. The van der Waals surface area contributed by atoms with Crippen molar-refractivity contribution in [2.75, 3.05) is 18.0 Å². The van der Waals surface area contributed by atoms with Gasteiger partial charge in [-0.3, -0.25) is 10.1 Å². The van der Waals surface area contributed by atoms with Crippen molar-refractivity contribution in [2.45, 2.75) is 19.3 Å². The Morgan fingerprint density at radius 1 is 1.19 bits per heavy atom. The molecule has 1 aromatic rings. The van der Waals surface area contributed by atoms with Crippen molar-refractivity contribution in [3.05, 3.63) is 34.4 Å². The quantitative estimate of drug-likeness (QED) is 0.566. The van der Waals surface area contributed by atoms with E-state index in [4.69, 9.17) is 0 Å². The van der Waals surface area contributed by atoms with E-state index in [1.165, 1.54) is 19.3 Å². The Balaban J connectivity index is 1.69. The summed E-state index contributed by atoms with van der Waals surface area (Å²) in [6.45, 7) is 2.26. The van der Waals surface area contributed by atoms with Gasteiger partial charge in [0.15, 0.2) is 0 Å². The Labute approximate surface area is 94.0 Å². The van der Waals surface area contributed by atoms with Crippen LogP contribution in [0.15, 0.2) is 24.3 Å². The first-order valence-corrected chi connectivity index (χ1v) is 5.68. The fourth-order valence-corrected chi connectivity index (χ4v) is 2.72. The van der Waals surface area contributed by atoms with Gasteiger partial charge in [0.1, 0.15) is 0 Å². The molecule has 1 aliphatic heterocycles. The lowest BCUT2D eigenvalue weighted by Gasteiger charge is -2.57. The minimum Gasteiger partial charge on any atom is -0.370 e. The number of nitrogens with zero attached hydrogens (tertiary/aromatic N) is 2. The third kappa shape index (κ3) is 1.37. The molecule has 1 saturated carbocycles. The van der Waals surface area contributed by atoms with E-state index in [1.54, 1.807) is 12.1 Å². The predicted octanol–water partition coefficient (Wildman–Crippen LogP) is 2.59. The number of anilines is 1. The SMILES string of the molecule is O=[N+]([O-])c1ccc(N2CC3(CCC3)C2)cc1. The van der Waals surface area contributed by atoms with Gasteiger partial charge in [-0.15, -0.1) is 0 Å². The van der Waals surface area contributed by atoms with Crippen LogP contribution in [0.3, 0.4) is 0 Å². The zero-order valence-electron chi connectivity index (χ0n) is 9.06. The van der Waals surface area contributed by atoms with Gasteiger partial charge >= 0.3 is 0 Å². The smallest absolute Gasteiger partial charge is 0.269 e. The van der Waals surface area contributed by atoms with E-state index < -0.39 is 0 Å². The van der Waals surface area contributed by atoms with Crippen molar-refractivity contribution in [1.82, 2.24) is 0 Å². The molecule has 2 aliphatic rings. The topological polar surface area (TPSA) is 46.4 Å². The number of benzene rings is 1. The maximum atomic E-state index is 10.5. The molecule has 1 aromatic carbocycles.